The Hall–Kier alpha value is -3.31. The number of hydrogen-bond acceptors (Lipinski definition) is 5. The summed E-state index contributed by atoms with van der Waals surface area (Å²) in [4.78, 5) is 11.4. The van der Waals surface area contributed by atoms with E-state index in [0.29, 0.717) is 10.7 Å². The number of methoxy groups -OCH3 is 1. The molecule has 2 N–H and O–H groups in total. The van der Waals surface area contributed by atoms with Crippen molar-refractivity contribution >= 4 is 34.0 Å². The van der Waals surface area contributed by atoms with Crippen LogP contribution in [0.2, 0.25) is 5.02 Å². The number of nitrogen functional groups attached to an aromatic ring is 1. The van der Waals surface area contributed by atoms with Gasteiger partial charge in [0.05, 0.1) is 23.3 Å². The second kappa shape index (κ2) is 8.20. The number of pyridine rings is 2. The van der Waals surface area contributed by atoms with E-state index in [1.165, 1.54) is 5.56 Å². The van der Waals surface area contributed by atoms with E-state index in [0.717, 1.165) is 45.7 Å². The number of nitrogens with two attached hydrogens (primary N) is 1. The molecule has 4 aromatic rings. The van der Waals surface area contributed by atoms with Crippen LogP contribution in [0.4, 0.5) is 11.5 Å². The van der Waals surface area contributed by atoms with Gasteiger partial charge in [-0.2, -0.15) is 0 Å². The number of nitrogens with zero attached hydrogens (tertiary/aromatic N) is 3. The zero-order chi connectivity index (χ0) is 21.3. The molecule has 0 spiro atoms. The number of fused-ring (bicyclic) bond motifs is 1. The molecule has 2 aromatic carbocycles. The fraction of sp³-hybridized carbons (Fsp3) is 0.167. The number of rotatable bonds is 5. The van der Waals surface area contributed by atoms with Crippen LogP contribution in [0.5, 0.6) is 5.75 Å². The molecule has 6 heteroatoms. The van der Waals surface area contributed by atoms with Crippen LogP contribution < -0.4 is 15.4 Å². The Morgan fingerprint density at radius 2 is 1.80 bits per heavy atom. The van der Waals surface area contributed by atoms with Gasteiger partial charge in [0.25, 0.3) is 0 Å². The lowest BCUT2D eigenvalue weighted by molar-refractivity contribution is 0.414. The fourth-order valence-electron chi connectivity index (χ4n) is 3.45. The molecule has 0 radical (unpaired) electrons. The molecule has 2 heterocycles. The minimum Gasteiger partial charge on any atom is -0.497 e. The summed E-state index contributed by atoms with van der Waals surface area (Å²) in [5.41, 5.74) is 11.7. The van der Waals surface area contributed by atoms with Crippen LogP contribution in [0.25, 0.3) is 22.0 Å². The van der Waals surface area contributed by atoms with Gasteiger partial charge in [-0.15, -0.1) is 0 Å². The van der Waals surface area contributed by atoms with Gasteiger partial charge in [-0.05, 0) is 53.9 Å². The van der Waals surface area contributed by atoms with E-state index >= 15 is 0 Å². The summed E-state index contributed by atoms with van der Waals surface area (Å²) in [6, 6.07) is 15.9. The molecule has 0 fully saturated rings. The molecule has 0 aliphatic carbocycles. The van der Waals surface area contributed by atoms with E-state index in [4.69, 9.17) is 22.1 Å². The average molecular weight is 419 g/mol. The lowest BCUT2D eigenvalue weighted by atomic mass is 10.0. The molecule has 2 aromatic heterocycles. The topological polar surface area (TPSA) is 64.3 Å². The highest BCUT2D eigenvalue weighted by Crippen LogP contribution is 2.32. The van der Waals surface area contributed by atoms with Crippen LogP contribution >= 0.6 is 11.6 Å². The Kier molecular flexibility index (Phi) is 5.46. The van der Waals surface area contributed by atoms with Gasteiger partial charge in [-0.3, -0.25) is 4.98 Å². The van der Waals surface area contributed by atoms with Gasteiger partial charge < -0.3 is 15.4 Å². The van der Waals surface area contributed by atoms with Crippen LogP contribution in [-0.2, 0) is 6.54 Å². The molecule has 0 amide bonds. The Morgan fingerprint density at radius 1 is 1.03 bits per heavy atom. The van der Waals surface area contributed by atoms with E-state index in [1.54, 1.807) is 7.11 Å². The van der Waals surface area contributed by atoms with Gasteiger partial charge >= 0.3 is 0 Å². The van der Waals surface area contributed by atoms with Gasteiger partial charge in [0.2, 0.25) is 0 Å². The van der Waals surface area contributed by atoms with Crippen molar-refractivity contribution in [3.05, 3.63) is 77.1 Å². The van der Waals surface area contributed by atoms with Crippen molar-refractivity contribution in [2.24, 2.45) is 0 Å². The second-order valence-electron chi connectivity index (χ2n) is 7.35. The molecule has 0 aliphatic rings. The van der Waals surface area contributed by atoms with E-state index in [9.17, 15) is 0 Å². The predicted molar refractivity (Wildman–Crippen MR) is 124 cm³/mol. The molecular weight excluding hydrogens is 396 g/mol. The Bertz CT molecular complexity index is 1210. The number of anilines is 2. The van der Waals surface area contributed by atoms with Crippen molar-refractivity contribution < 1.29 is 4.74 Å². The van der Waals surface area contributed by atoms with Crippen LogP contribution in [0.15, 0.2) is 60.9 Å². The third-order valence-corrected chi connectivity index (χ3v) is 5.50. The SMILES string of the molecule is COc1ccc(CN(C)c2cc3ncc(-c4cc(N)c(Cl)cc4C)cc3cn2)cc1. The predicted octanol–water partition coefficient (Wildman–Crippen LogP) is 5.49. The molecule has 152 valence electrons. The number of hydrogen-bond donors (Lipinski definition) is 1. The minimum atomic E-state index is 0.561. The minimum absolute atomic E-state index is 0.561. The van der Waals surface area contributed by atoms with Crippen molar-refractivity contribution in [2.45, 2.75) is 13.5 Å². The number of benzene rings is 2. The lowest BCUT2D eigenvalue weighted by Gasteiger charge is -2.19. The third kappa shape index (κ3) is 4.02. The lowest BCUT2D eigenvalue weighted by Crippen LogP contribution is -2.17. The molecule has 0 saturated carbocycles. The average Bonchev–Trinajstić information content (AvgIpc) is 2.76. The van der Waals surface area contributed by atoms with E-state index in [1.807, 2.05) is 56.7 Å². The zero-order valence-electron chi connectivity index (χ0n) is 17.2. The van der Waals surface area contributed by atoms with Crippen LogP contribution in [0.3, 0.4) is 0 Å². The molecule has 5 nitrogen and oxygen atoms in total. The summed E-state index contributed by atoms with van der Waals surface area (Å²) in [5, 5.41) is 1.54. The molecule has 30 heavy (non-hydrogen) atoms. The van der Waals surface area contributed by atoms with E-state index in [-0.39, 0.29) is 0 Å². The van der Waals surface area contributed by atoms with Gasteiger partial charge in [0.15, 0.2) is 0 Å². The second-order valence-corrected chi connectivity index (χ2v) is 7.76. The quantitative estimate of drug-likeness (QED) is 0.434. The summed E-state index contributed by atoms with van der Waals surface area (Å²) in [7, 11) is 3.69. The van der Waals surface area contributed by atoms with Crippen LogP contribution in [0.1, 0.15) is 11.1 Å². The smallest absolute Gasteiger partial charge is 0.130 e. The number of aromatic nitrogens is 2. The highest BCUT2D eigenvalue weighted by atomic mass is 35.5. The molecule has 0 aliphatic heterocycles. The van der Waals surface area contributed by atoms with Gasteiger partial charge in [-0.25, -0.2) is 4.98 Å². The van der Waals surface area contributed by atoms with Crippen molar-refractivity contribution in [1.82, 2.24) is 9.97 Å². The number of halogens is 1. The van der Waals surface area contributed by atoms with Crippen molar-refractivity contribution in [3.63, 3.8) is 0 Å². The molecule has 4 rings (SSSR count). The van der Waals surface area contributed by atoms with Crippen molar-refractivity contribution in [1.29, 1.82) is 0 Å². The third-order valence-electron chi connectivity index (χ3n) is 5.18. The first kappa shape index (κ1) is 20.0. The maximum atomic E-state index is 6.13. The van der Waals surface area contributed by atoms with E-state index < -0.39 is 0 Å². The molecule has 0 unspecified atom stereocenters. The fourth-order valence-corrected chi connectivity index (χ4v) is 3.67. The first-order valence-electron chi connectivity index (χ1n) is 9.60. The molecular formula is C24H23ClN4O. The van der Waals surface area contributed by atoms with Crippen molar-refractivity contribution in [3.8, 4) is 16.9 Å². The molecule has 0 saturated heterocycles. The Labute approximate surface area is 181 Å². The van der Waals surface area contributed by atoms with Gasteiger partial charge in [-0.1, -0.05) is 23.7 Å². The summed E-state index contributed by atoms with van der Waals surface area (Å²) in [6.07, 6.45) is 3.73. The highest BCUT2D eigenvalue weighted by Gasteiger charge is 2.10. The summed E-state index contributed by atoms with van der Waals surface area (Å²) >= 11 is 6.13. The molecule has 0 atom stereocenters. The van der Waals surface area contributed by atoms with Crippen LogP contribution in [0, 0.1) is 6.92 Å². The summed E-state index contributed by atoms with van der Waals surface area (Å²) < 4.78 is 5.22. The van der Waals surface area contributed by atoms with Gasteiger partial charge in [0.1, 0.15) is 11.6 Å². The number of aryl methyl sites for hydroxylation is 1. The van der Waals surface area contributed by atoms with Gasteiger partial charge in [0, 0.05) is 43.0 Å². The zero-order valence-corrected chi connectivity index (χ0v) is 17.9. The monoisotopic (exact) mass is 418 g/mol. The maximum absolute atomic E-state index is 6.13. The Morgan fingerprint density at radius 3 is 2.53 bits per heavy atom. The first-order valence-corrected chi connectivity index (χ1v) is 9.98. The van der Waals surface area contributed by atoms with Crippen molar-refractivity contribution in [2.75, 3.05) is 24.8 Å². The summed E-state index contributed by atoms with van der Waals surface area (Å²) in [6.45, 7) is 2.75. The Balaban J connectivity index is 1.60. The standard InChI is InChI=1S/C24H23ClN4O/c1-15-8-21(25)22(26)10-20(15)17-9-18-13-28-24(11-23(18)27-12-17)29(2)14-16-4-6-19(30-3)7-5-16/h4-13H,14,26H2,1-3H3. The first-order chi connectivity index (χ1) is 14.4. The normalized spacial score (nSPS) is 10.9. The highest BCUT2D eigenvalue weighted by molar-refractivity contribution is 6.33. The maximum Gasteiger partial charge on any atom is 0.130 e. The molecule has 0 bridgehead atoms. The largest absolute Gasteiger partial charge is 0.497 e. The van der Waals surface area contributed by atoms with Crippen LogP contribution in [-0.4, -0.2) is 24.1 Å². The summed E-state index contributed by atoms with van der Waals surface area (Å²) in [5.74, 6) is 1.72. The van der Waals surface area contributed by atoms with E-state index in [2.05, 4.69) is 33.1 Å². The number of ether oxygens (including phenoxy) is 1.